The Balaban J connectivity index is 2.96. The van der Waals surface area contributed by atoms with Crippen LogP contribution in [0.4, 0.5) is 0 Å². The number of benzene rings is 1. The standard InChI is InChI=1S/C12H9NO3/c1-7-2-3-10-8(5-14)4-9(6-15)12(16)11(10)13-7/h2-6,16H,1H3. The van der Waals surface area contributed by atoms with Crippen LogP contribution in [0.25, 0.3) is 10.9 Å². The van der Waals surface area contributed by atoms with Gasteiger partial charge in [0.15, 0.2) is 18.3 Å². The molecule has 0 saturated carbocycles. The molecule has 2 aromatic rings. The van der Waals surface area contributed by atoms with Crippen molar-refractivity contribution in [1.29, 1.82) is 0 Å². The van der Waals surface area contributed by atoms with Crippen molar-refractivity contribution >= 4 is 23.5 Å². The normalized spacial score (nSPS) is 10.3. The first kappa shape index (κ1) is 10.3. The van der Waals surface area contributed by atoms with E-state index in [2.05, 4.69) is 4.98 Å². The molecular formula is C12H9NO3. The van der Waals surface area contributed by atoms with Crippen molar-refractivity contribution in [2.45, 2.75) is 6.92 Å². The summed E-state index contributed by atoms with van der Waals surface area (Å²) in [7, 11) is 0. The molecule has 4 heteroatoms. The Kier molecular flexibility index (Phi) is 2.40. The van der Waals surface area contributed by atoms with Crippen LogP contribution in [0, 0.1) is 6.92 Å². The van der Waals surface area contributed by atoms with E-state index in [0.717, 1.165) is 0 Å². The maximum absolute atomic E-state index is 10.9. The van der Waals surface area contributed by atoms with Crippen molar-refractivity contribution in [1.82, 2.24) is 4.98 Å². The van der Waals surface area contributed by atoms with Crippen molar-refractivity contribution in [2.24, 2.45) is 0 Å². The highest BCUT2D eigenvalue weighted by Gasteiger charge is 2.11. The van der Waals surface area contributed by atoms with E-state index in [1.165, 1.54) is 6.07 Å². The maximum Gasteiger partial charge on any atom is 0.153 e. The van der Waals surface area contributed by atoms with Gasteiger partial charge in [-0.15, -0.1) is 0 Å². The Hall–Kier alpha value is -2.23. The fourth-order valence-corrected chi connectivity index (χ4v) is 1.61. The van der Waals surface area contributed by atoms with E-state index in [1.807, 2.05) is 0 Å². The number of phenols is 1. The van der Waals surface area contributed by atoms with E-state index in [9.17, 15) is 14.7 Å². The first-order valence-corrected chi connectivity index (χ1v) is 4.71. The number of hydrogen-bond donors (Lipinski definition) is 1. The lowest BCUT2D eigenvalue weighted by Crippen LogP contribution is -1.93. The first-order valence-electron chi connectivity index (χ1n) is 4.71. The number of fused-ring (bicyclic) bond motifs is 1. The largest absolute Gasteiger partial charge is 0.505 e. The monoisotopic (exact) mass is 215 g/mol. The van der Waals surface area contributed by atoms with Crippen LogP contribution >= 0.6 is 0 Å². The van der Waals surface area contributed by atoms with Gasteiger partial charge < -0.3 is 5.11 Å². The number of aromatic hydroxyl groups is 1. The number of aryl methyl sites for hydroxylation is 1. The highest BCUT2D eigenvalue weighted by Crippen LogP contribution is 2.28. The molecule has 0 amide bonds. The van der Waals surface area contributed by atoms with Gasteiger partial charge in [-0.3, -0.25) is 9.59 Å². The van der Waals surface area contributed by atoms with Gasteiger partial charge in [0.05, 0.1) is 5.56 Å². The summed E-state index contributed by atoms with van der Waals surface area (Å²) in [6, 6.07) is 4.81. The molecule has 0 spiro atoms. The van der Waals surface area contributed by atoms with E-state index in [4.69, 9.17) is 0 Å². The summed E-state index contributed by atoms with van der Waals surface area (Å²) >= 11 is 0. The highest BCUT2D eigenvalue weighted by molar-refractivity contribution is 6.03. The molecule has 0 saturated heterocycles. The Bertz CT molecular complexity index is 590. The number of aromatic nitrogens is 1. The second kappa shape index (κ2) is 3.73. The number of nitrogens with zero attached hydrogens (tertiary/aromatic N) is 1. The number of aldehydes is 2. The Morgan fingerprint density at radius 1 is 1.19 bits per heavy atom. The van der Waals surface area contributed by atoms with Crippen LogP contribution < -0.4 is 0 Å². The molecule has 16 heavy (non-hydrogen) atoms. The minimum atomic E-state index is -0.181. The molecule has 0 aliphatic carbocycles. The van der Waals surface area contributed by atoms with Gasteiger partial charge in [-0.05, 0) is 19.1 Å². The molecule has 0 aliphatic rings. The number of pyridine rings is 1. The van der Waals surface area contributed by atoms with Crippen LogP contribution in [0.1, 0.15) is 26.4 Å². The van der Waals surface area contributed by atoms with Crippen molar-refractivity contribution in [3.8, 4) is 5.75 Å². The van der Waals surface area contributed by atoms with E-state index in [1.54, 1.807) is 19.1 Å². The molecule has 1 N–H and O–H groups in total. The smallest absolute Gasteiger partial charge is 0.153 e. The topological polar surface area (TPSA) is 67.3 Å². The summed E-state index contributed by atoms with van der Waals surface area (Å²) in [5.41, 5.74) is 1.42. The van der Waals surface area contributed by atoms with E-state index in [-0.39, 0.29) is 16.8 Å². The van der Waals surface area contributed by atoms with E-state index < -0.39 is 0 Å². The van der Waals surface area contributed by atoms with Gasteiger partial charge >= 0.3 is 0 Å². The van der Waals surface area contributed by atoms with E-state index in [0.29, 0.717) is 29.2 Å². The predicted octanol–water partition coefficient (Wildman–Crippen LogP) is 1.87. The molecule has 0 unspecified atom stereocenters. The van der Waals surface area contributed by atoms with Crippen molar-refractivity contribution < 1.29 is 14.7 Å². The van der Waals surface area contributed by atoms with Gasteiger partial charge in [-0.1, -0.05) is 6.07 Å². The molecule has 1 aromatic heterocycles. The minimum Gasteiger partial charge on any atom is -0.505 e. The van der Waals surface area contributed by atoms with Gasteiger partial charge in [-0.2, -0.15) is 0 Å². The SMILES string of the molecule is Cc1ccc2c(C=O)cc(C=O)c(O)c2n1. The van der Waals surface area contributed by atoms with Gasteiger partial charge in [0.1, 0.15) is 5.52 Å². The molecule has 0 fully saturated rings. The zero-order valence-corrected chi connectivity index (χ0v) is 8.60. The fourth-order valence-electron chi connectivity index (χ4n) is 1.61. The average molecular weight is 215 g/mol. The number of carbonyl (C=O) groups is 2. The molecule has 1 heterocycles. The minimum absolute atomic E-state index is 0.0766. The van der Waals surface area contributed by atoms with E-state index >= 15 is 0 Å². The third kappa shape index (κ3) is 1.44. The fraction of sp³-hybridized carbons (Fsp3) is 0.0833. The highest BCUT2D eigenvalue weighted by atomic mass is 16.3. The lowest BCUT2D eigenvalue weighted by atomic mass is 10.0. The number of carbonyl (C=O) groups excluding carboxylic acids is 2. The van der Waals surface area contributed by atoms with Crippen molar-refractivity contribution in [3.05, 3.63) is 35.0 Å². The lowest BCUT2D eigenvalue weighted by molar-refractivity contribution is 0.112. The Labute approximate surface area is 91.5 Å². The number of hydrogen-bond acceptors (Lipinski definition) is 4. The third-order valence-electron chi connectivity index (χ3n) is 2.41. The lowest BCUT2D eigenvalue weighted by Gasteiger charge is -2.06. The summed E-state index contributed by atoms with van der Waals surface area (Å²) < 4.78 is 0. The molecule has 4 nitrogen and oxygen atoms in total. The van der Waals surface area contributed by atoms with Crippen LogP contribution in [-0.4, -0.2) is 22.7 Å². The molecule has 0 aliphatic heterocycles. The van der Waals surface area contributed by atoms with Gasteiger partial charge in [0, 0.05) is 16.6 Å². The summed E-state index contributed by atoms with van der Waals surface area (Å²) in [4.78, 5) is 25.7. The quantitative estimate of drug-likeness (QED) is 0.776. The summed E-state index contributed by atoms with van der Waals surface area (Å²) in [5, 5.41) is 10.3. The average Bonchev–Trinajstić information content (AvgIpc) is 2.30. The first-order chi connectivity index (χ1) is 7.67. The zero-order valence-electron chi connectivity index (χ0n) is 8.60. The Morgan fingerprint density at radius 2 is 1.88 bits per heavy atom. The van der Waals surface area contributed by atoms with Gasteiger partial charge in [-0.25, -0.2) is 4.98 Å². The van der Waals surface area contributed by atoms with Crippen LogP contribution in [-0.2, 0) is 0 Å². The number of rotatable bonds is 2. The van der Waals surface area contributed by atoms with Crippen LogP contribution in [0.3, 0.4) is 0 Å². The molecule has 1 aromatic carbocycles. The molecule has 0 atom stereocenters. The van der Waals surface area contributed by atoms with Crippen LogP contribution in [0.2, 0.25) is 0 Å². The van der Waals surface area contributed by atoms with Crippen molar-refractivity contribution in [2.75, 3.05) is 0 Å². The molecular weight excluding hydrogens is 206 g/mol. The molecule has 2 rings (SSSR count). The second-order valence-corrected chi connectivity index (χ2v) is 3.49. The zero-order chi connectivity index (χ0) is 11.7. The molecule has 80 valence electrons. The summed E-state index contributed by atoms with van der Waals surface area (Å²) in [6.07, 6.45) is 1.15. The van der Waals surface area contributed by atoms with Crippen LogP contribution in [0.5, 0.6) is 5.75 Å². The summed E-state index contributed by atoms with van der Waals surface area (Å²) in [6.45, 7) is 1.77. The molecule has 0 bridgehead atoms. The number of phenolic OH excluding ortho intramolecular Hbond substituents is 1. The summed E-state index contributed by atoms with van der Waals surface area (Å²) in [5.74, 6) is -0.181. The van der Waals surface area contributed by atoms with Crippen LogP contribution in [0.15, 0.2) is 18.2 Å². The molecule has 0 radical (unpaired) electrons. The second-order valence-electron chi connectivity index (χ2n) is 3.49. The predicted molar refractivity (Wildman–Crippen MR) is 58.9 cm³/mol. The van der Waals surface area contributed by atoms with Crippen molar-refractivity contribution in [3.63, 3.8) is 0 Å². The third-order valence-corrected chi connectivity index (χ3v) is 2.41. The maximum atomic E-state index is 10.9. The van der Waals surface area contributed by atoms with Gasteiger partial charge in [0.2, 0.25) is 0 Å². The Morgan fingerprint density at radius 3 is 2.50 bits per heavy atom. The van der Waals surface area contributed by atoms with Gasteiger partial charge in [0.25, 0.3) is 0 Å².